The van der Waals surface area contributed by atoms with Crippen molar-refractivity contribution in [2.75, 3.05) is 25.1 Å². The number of benzene rings is 1. The summed E-state index contributed by atoms with van der Waals surface area (Å²) in [5, 5.41) is 19.2. The number of phenolic OH excluding ortho intramolecular Hbond substituents is 1. The molecule has 3 atom stereocenters. The lowest BCUT2D eigenvalue weighted by molar-refractivity contribution is 0.0756. The number of rotatable bonds is 3. The van der Waals surface area contributed by atoms with Gasteiger partial charge in [0.05, 0.1) is 12.4 Å². The van der Waals surface area contributed by atoms with Gasteiger partial charge in [0.2, 0.25) is 0 Å². The van der Waals surface area contributed by atoms with Gasteiger partial charge in [-0.25, -0.2) is 0 Å². The number of phenols is 1. The number of hydrogen-bond acceptors (Lipinski definition) is 5. The lowest BCUT2D eigenvalue weighted by atomic mass is 9.73. The molecule has 1 saturated heterocycles. The van der Waals surface area contributed by atoms with Gasteiger partial charge in [0, 0.05) is 18.5 Å². The number of carbonyl (C=O) groups is 1. The van der Waals surface area contributed by atoms with E-state index in [1.165, 1.54) is 16.9 Å². The molecule has 1 aromatic heterocycles. The number of anilines is 1. The third-order valence-electron chi connectivity index (χ3n) is 6.21. The Hall–Kier alpha value is -2.05. The van der Waals surface area contributed by atoms with E-state index >= 15 is 0 Å². The Balaban J connectivity index is 1.32. The molecule has 0 bridgehead atoms. The van der Waals surface area contributed by atoms with Crippen LogP contribution < -0.4 is 10.6 Å². The SMILES string of the molecule is O=C1c2sccc2NCN1CCC1NCC2CCc3c(O)cccc3C21. The zero-order valence-corrected chi connectivity index (χ0v) is 15.4. The van der Waals surface area contributed by atoms with Gasteiger partial charge in [-0.15, -0.1) is 11.3 Å². The summed E-state index contributed by atoms with van der Waals surface area (Å²) in [4.78, 5) is 15.4. The standard InChI is InChI=1S/C20H23N3O2S/c24-17-3-1-2-14-13(17)5-4-12-10-21-15(18(12)14)6-8-23-11-22-16-7-9-26-19(16)20(23)25/h1-3,7,9,12,15,18,21-22,24H,4-6,8,10-11H2. The molecule has 136 valence electrons. The Morgan fingerprint density at radius 1 is 1.31 bits per heavy atom. The van der Waals surface area contributed by atoms with Crippen molar-refractivity contribution in [2.45, 2.75) is 31.2 Å². The Morgan fingerprint density at radius 3 is 3.15 bits per heavy atom. The molecular weight excluding hydrogens is 346 g/mol. The monoisotopic (exact) mass is 369 g/mol. The highest BCUT2D eigenvalue weighted by atomic mass is 32.1. The summed E-state index contributed by atoms with van der Waals surface area (Å²) in [5.74, 6) is 1.65. The van der Waals surface area contributed by atoms with E-state index in [0.29, 0.717) is 30.3 Å². The van der Waals surface area contributed by atoms with Crippen LogP contribution in [-0.4, -0.2) is 41.7 Å². The first-order valence-corrected chi connectivity index (χ1v) is 10.2. The van der Waals surface area contributed by atoms with E-state index in [2.05, 4.69) is 16.7 Å². The second-order valence-corrected chi connectivity index (χ2v) is 8.46. The maximum absolute atomic E-state index is 12.7. The van der Waals surface area contributed by atoms with Gasteiger partial charge in [0.15, 0.2) is 0 Å². The molecule has 3 heterocycles. The number of nitrogens with one attached hydrogen (secondary N) is 2. The first-order valence-electron chi connectivity index (χ1n) is 9.37. The van der Waals surface area contributed by atoms with Crippen LogP contribution in [0.15, 0.2) is 29.6 Å². The van der Waals surface area contributed by atoms with Crippen LogP contribution in [-0.2, 0) is 6.42 Å². The number of hydrogen-bond donors (Lipinski definition) is 3. The maximum atomic E-state index is 12.7. The fourth-order valence-electron chi connectivity index (χ4n) is 4.91. The zero-order valence-electron chi connectivity index (χ0n) is 14.6. The minimum Gasteiger partial charge on any atom is -0.508 e. The van der Waals surface area contributed by atoms with Crippen molar-refractivity contribution in [1.29, 1.82) is 0 Å². The Labute approximate surface area is 157 Å². The quantitative estimate of drug-likeness (QED) is 0.778. The van der Waals surface area contributed by atoms with Crippen LogP contribution in [0, 0.1) is 5.92 Å². The molecule has 0 saturated carbocycles. The van der Waals surface area contributed by atoms with Crippen LogP contribution in [0.5, 0.6) is 5.75 Å². The molecule has 1 amide bonds. The molecule has 5 nitrogen and oxygen atoms in total. The van der Waals surface area contributed by atoms with Crippen molar-refractivity contribution in [3.8, 4) is 5.75 Å². The lowest BCUT2D eigenvalue weighted by Crippen LogP contribution is -2.42. The van der Waals surface area contributed by atoms with E-state index in [-0.39, 0.29) is 5.91 Å². The fraction of sp³-hybridized carbons (Fsp3) is 0.450. The highest BCUT2D eigenvalue weighted by Gasteiger charge is 2.41. The Bertz CT molecular complexity index is 849. The van der Waals surface area contributed by atoms with Gasteiger partial charge < -0.3 is 20.6 Å². The summed E-state index contributed by atoms with van der Waals surface area (Å²) in [6.07, 6.45) is 3.03. The predicted molar refractivity (Wildman–Crippen MR) is 103 cm³/mol. The largest absolute Gasteiger partial charge is 0.508 e. The number of aromatic hydroxyl groups is 1. The second-order valence-electron chi connectivity index (χ2n) is 7.54. The van der Waals surface area contributed by atoms with Crippen molar-refractivity contribution >= 4 is 22.9 Å². The van der Waals surface area contributed by atoms with Gasteiger partial charge in [0.1, 0.15) is 10.6 Å². The van der Waals surface area contributed by atoms with Crippen LogP contribution in [0.3, 0.4) is 0 Å². The topological polar surface area (TPSA) is 64.6 Å². The van der Waals surface area contributed by atoms with E-state index in [1.807, 2.05) is 22.4 Å². The first kappa shape index (κ1) is 16.1. The van der Waals surface area contributed by atoms with Crippen molar-refractivity contribution in [3.63, 3.8) is 0 Å². The van der Waals surface area contributed by atoms with E-state index in [4.69, 9.17) is 0 Å². The minimum atomic E-state index is 0.144. The van der Waals surface area contributed by atoms with Crippen LogP contribution in [0.4, 0.5) is 5.69 Å². The van der Waals surface area contributed by atoms with Crippen molar-refractivity contribution in [3.05, 3.63) is 45.6 Å². The van der Waals surface area contributed by atoms with Crippen LogP contribution in [0.25, 0.3) is 0 Å². The molecule has 1 aliphatic carbocycles. The van der Waals surface area contributed by atoms with Gasteiger partial charge >= 0.3 is 0 Å². The summed E-state index contributed by atoms with van der Waals surface area (Å²) in [6, 6.07) is 8.27. The molecule has 1 fully saturated rings. The van der Waals surface area contributed by atoms with Crippen molar-refractivity contribution < 1.29 is 9.90 Å². The van der Waals surface area contributed by atoms with Gasteiger partial charge in [-0.2, -0.15) is 0 Å². The molecule has 3 N–H and O–H groups in total. The number of carbonyl (C=O) groups excluding carboxylic acids is 1. The van der Waals surface area contributed by atoms with E-state index in [9.17, 15) is 9.90 Å². The zero-order chi connectivity index (χ0) is 17.7. The van der Waals surface area contributed by atoms with Gasteiger partial charge in [-0.05, 0) is 60.4 Å². The summed E-state index contributed by atoms with van der Waals surface area (Å²) in [5.41, 5.74) is 3.40. The lowest BCUT2D eigenvalue weighted by Gasteiger charge is -2.33. The van der Waals surface area contributed by atoms with Gasteiger partial charge in [0.25, 0.3) is 5.91 Å². The smallest absolute Gasteiger partial charge is 0.267 e. The molecule has 0 radical (unpaired) electrons. The average molecular weight is 369 g/mol. The summed E-state index contributed by atoms with van der Waals surface area (Å²) in [7, 11) is 0. The minimum absolute atomic E-state index is 0.144. The molecular formula is C20H23N3O2S. The molecule has 1 aromatic carbocycles. The van der Waals surface area contributed by atoms with E-state index in [1.54, 1.807) is 6.07 Å². The first-order chi connectivity index (χ1) is 12.7. The van der Waals surface area contributed by atoms with Crippen LogP contribution in [0.1, 0.15) is 39.6 Å². The fourth-order valence-corrected chi connectivity index (χ4v) is 5.75. The molecule has 26 heavy (non-hydrogen) atoms. The van der Waals surface area contributed by atoms with Gasteiger partial charge in [-0.1, -0.05) is 12.1 Å². The number of nitrogens with zero attached hydrogens (tertiary/aromatic N) is 1. The van der Waals surface area contributed by atoms with E-state index in [0.717, 1.165) is 48.5 Å². The molecule has 3 unspecified atom stereocenters. The third-order valence-corrected chi connectivity index (χ3v) is 7.11. The molecule has 0 spiro atoms. The predicted octanol–water partition coefficient (Wildman–Crippen LogP) is 2.99. The van der Waals surface area contributed by atoms with Crippen LogP contribution in [0.2, 0.25) is 0 Å². The van der Waals surface area contributed by atoms with Gasteiger partial charge in [-0.3, -0.25) is 4.79 Å². The van der Waals surface area contributed by atoms with E-state index < -0.39 is 0 Å². The maximum Gasteiger partial charge on any atom is 0.267 e. The summed E-state index contributed by atoms with van der Waals surface area (Å²) >= 11 is 1.51. The third kappa shape index (κ3) is 2.51. The normalized spacial score (nSPS) is 26.8. The molecule has 3 aliphatic rings. The second kappa shape index (κ2) is 6.28. The van der Waals surface area contributed by atoms with Crippen molar-refractivity contribution in [2.24, 2.45) is 5.92 Å². The highest BCUT2D eigenvalue weighted by Crippen LogP contribution is 2.45. The number of fused-ring (bicyclic) bond motifs is 4. The molecule has 6 heteroatoms. The Kier molecular flexibility index (Phi) is 3.90. The average Bonchev–Trinajstić information content (AvgIpc) is 3.29. The van der Waals surface area contributed by atoms with Crippen molar-refractivity contribution in [1.82, 2.24) is 10.2 Å². The van der Waals surface area contributed by atoms with Crippen LogP contribution >= 0.6 is 11.3 Å². The molecule has 2 aromatic rings. The summed E-state index contributed by atoms with van der Waals surface area (Å²) in [6.45, 7) is 2.37. The number of thiophene rings is 1. The molecule has 2 aliphatic heterocycles. The Morgan fingerprint density at radius 2 is 2.23 bits per heavy atom. The highest BCUT2D eigenvalue weighted by molar-refractivity contribution is 7.12. The summed E-state index contributed by atoms with van der Waals surface area (Å²) < 4.78 is 0. The number of amides is 1. The molecule has 5 rings (SSSR count).